The summed E-state index contributed by atoms with van der Waals surface area (Å²) in [7, 11) is -1.38. The highest BCUT2D eigenvalue weighted by atomic mass is 32.2. The summed E-state index contributed by atoms with van der Waals surface area (Å²) in [5, 5.41) is 14.2. The van der Waals surface area contributed by atoms with Crippen LogP contribution < -0.4 is 5.32 Å². The predicted octanol–water partition coefficient (Wildman–Crippen LogP) is -1.55. The summed E-state index contributed by atoms with van der Waals surface area (Å²) in [5.41, 5.74) is 0. The van der Waals surface area contributed by atoms with Crippen LogP contribution in [-0.4, -0.2) is 60.9 Å². The normalized spacial score (nSPS) is 11.9. The molecule has 0 saturated heterocycles. The van der Waals surface area contributed by atoms with Crippen LogP contribution >= 0.6 is 0 Å². The summed E-state index contributed by atoms with van der Waals surface area (Å²) in [6.07, 6.45) is 1.19. The van der Waals surface area contributed by atoms with Crippen molar-refractivity contribution in [3.8, 4) is 0 Å². The summed E-state index contributed by atoms with van der Waals surface area (Å²) in [5.74, 6) is 0.646. The molecule has 0 saturated carbocycles. The lowest BCUT2D eigenvalue weighted by Gasteiger charge is -2.05. The van der Waals surface area contributed by atoms with Crippen LogP contribution in [-0.2, 0) is 27.7 Å². The van der Waals surface area contributed by atoms with Crippen LogP contribution in [0.1, 0.15) is 5.82 Å². The first-order valence-corrected chi connectivity index (χ1v) is 7.21. The van der Waals surface area contributed by atoms with Crippen LogP contribution in [0, 0.1) is 0 Å². The van der Waals surface area contributed by atoms with E-state index in [4.69, 9.17) is 4.74 Å². The van der Waals surface area contributed by atoms with Crippen LogP contribution in [0.2, 0.25) is 0 Å². The van der Waals surface area contributed by atoms with E-state index in [0.717, 1.165) is 0 Å². The fraction of sp³-hybridized carbons (Fsp3) is 0.875. The molecule has 0 aliphatic heterocycles. The third-order valence-electron chi connectivity index (χ3n) is 2.05. The third kappa shape index (κ3) is 5.71. The molecule has 0 aliphatic carbocycles. The highest BCUT2D eigenvalue weighted by Gasteiger charge is 2.08. The minimum Gasteiger partial charge on any atom is -0.383 e. The Kier molecular flexibility index (Phi) is 5.45. The van der Waals surface area contributed by atoms with E-state index in [9.17, 15) is 8.42 Å². The Hall–Kier alpha value is -1.06. The molecule has 17 heavy (non-hydrogen) atoms. The lowest BCUT2D eigenvalue weighted by atomic mass is 10.5. The zero-order valence-electron chi connectivity index (χ0n) is 9.96. The van der Waals surface area contributed by atoms with Crippen molar-refractivity contribution in [3.05, 3.63) is 5.82 Å². The van der Waals surface area contributed by atoms with Crippen molar-refractivity contribution in [2.24, 2.45) is 0 Å². The Balaban J connectivity index is 2.43. The molecular weight excluding hydrogens is 246 g/mol. The number of nitrogens with zero attached hydrogens (tertiary/aromatic N) is 4. The van der Waals surface area contributed by atoms with Crippen LogP contribution in [0.15, 0.2) is 0 Å². The topological polar surface area (TPSA) is 99.0 Å². The van der Waals surface area contributed by atoms with Gasteiger partial charge >= 0.3 is 0 Å². The average Bonchev–Trinajstić information content (AvgIpc) is 2.68. The molecule has 0 fully saturated rings. The van der Waals surface area contributed by atoms with Crippen molar-refractivity contribution in [2.45, 2.75) is 13.1 Å². The van der Waals surface area contributed by atoms with Gasteiger partial charge in [-0.1, -0.05) is 0 Å². The number of tetrazole rings is 1. The Labute approximate surface area is 100 Å². The zero-order valence-corrected chi connectivity index (χ0v) is 10.8. The van der Waals surface area contributed by atoms with Gasteiger partial charge in [0.25, 0.3) is 0 Å². The van der Waals surface area contributed by atoms with Crippen LogP contribution in [0.5, 0.6) is 0 Å². The van der Waals surface area contributed by atoms with Gasteiger partial charge in [-0.25, -0.2) is 13.1 Å². The number of aromatic nitrogens is 4. The van der Waals surface area contributed by atoms with E-state index in [2.05, 4.69) is 20.8 Å². The number of methoxy groups -OCH3 is 1. The van der Waals surface area contributed by atoms with E-state index in [1.807, 2.05) is 0 Å². The molecule has 0 aliphatic rings. The van der Waals surface area contributed by atoms with Crippen LogP contribution in [0.25, 0.3) is 0 Å². The number of hydrogen-bond donors (Lipinski definition) is 1. The summed E-state index contributed by atoms with van der Waals surface area (Å²) < 4.78 is 28.4. The summed E-state index contributed by atoms with van der Waals surface area (Å²) in [6, 6.07) is 0. The maximum Gasteiger partial charge on any atom is 0.165 e. The van der Waals surface area contributed by atoms with Gasteiger partial charge in [0.15, 0.2) is 5.82 Å². The van der Waals surface area contributed by atoms with Gasteiger partial charge in [-0.15, -0.1) is 5.10 Å². The lowest BCUT2D eigenvalue weighted by Crippen LogP contribution is -2.22. The summed E-state index contributed by atoms with van der Waals surface area (Å²) in [6.45, 7) is 2.05. The molecular formula is C8H17N5O3S. The SMILES string of the molecule is COCCNCc1nnnn1CCS(C)(=O)=O. The zero-order chi connectivity index (χ0) is 12.7. The van der Waals surface area contributed by atoms with Crippen molar-refractivity contribution in [1.29, 1.82) is 0 Å². The van der Waals surface area contributed by atoms with Crippen molar-refractivity contribution in [1.82, 2.24) is 25.5 Å². The number of aryl methyl sites for hydroxylation is 1. The number of rotatable bonds is 8. The Bertz CT molecular complexity index is 430. The molecule has 9 heteroatoms. The van der Waals surface area contributed by atoms with Crippen molar-refractivity contribution in [3.63, 3.8) is 0 Å². The van der Waals surface area contributed by atoms with Gasteiger partial charge in [0, 0.05) is 19.9 Å². The minimum absolute atomic E-state index is 0.0309. The van der Waals surface area contributed by atoms with E-state index < -0.39 is 9.84 Å². The highest BCUT2D eigenvalue weighted by molar-refractivity contribution is 7.90. The number of hydrogen-bond acceptors (Lipinski definition) is 7. The van der Waals surface area contributed by atoms with Crippen molar-refractivity contribution < 1.29 is 13.2 Å². The second-order valence-corrected chi connectivity index (χ2v) is 5.88. The number of ether oxygens (including phenoxy) is 1. The molecule has 0 bridgehead atoms. The molecule has 98 valence electrons. The first kappa shape index (κ1) is 14.0. The maximum atomic E-state index is 11.0. The molecule has 0 unspecified atom stereocenters. The van der Waals surface area contributed by atoms with E-state index in [1.54, 1.807) is 7.11 Å². The van der Waals surface area contributed by atoms with Crippen LogP contribution in [0.4, 0.5) is 0 Å². The Morgan fingerprint density at radius 3 is 2.88 bits per heavy atom. The number of nitrogens with one attached hydrogen (secondary N) is 1. The highest BCUT2D eigenvalue weighted by Crippen LogP contribution is 1.94. The van der Waals surface area contributed by atoms with Gasteiger partial charge in [-0.3, -0.25) is 0 Å². The monoisotopic (exact) mass is 263 g/mol. The molecule has 1 rings (SSSR count). The van der Waals surface area contributed by atoms with Crippen molar-refractivity contribution >= 4 is 9.84 Å². The van der Waals surface area contributed by atoms with Gasteiger partial charge < -0.3 is 10.1 Å². The van der Waals surface area contributed by atoms with Gasteiger partial charge in [0.05, 0.1) is 25.4 Å². The molecule has 1 heterocycles. The second kappa shape index (κ2) is 6.62. The second-order valence-electron chi connectivity index (χ2n) is 3.62. The fourth-order valence-corrected chi connectivity index (χ4v) is 1.65. The average molecular weight is 263 g/mol. The van der Waals surface area contributed by atoms with E-state index in [1.165, 1.54) is 10.9 Å². The van der Waals surface area contributed by atoms with Crippen molar-refractivity contribution in [2.75, 3.05) is 32.3 Å². The van der Waals surface area contributed by atoms with Gasteiger partial charge in [0.2, 0.25) is 0 Å². The van der Waals surface area contributed by atoms with Gasteiger partial charge in [-0.2, -0.15) is 0 Å². The van der Waals surface area contributed by atoms with Crippen LogP contribution in [0.3, 0.4) is 0 Å². The molecule has 1 N–H and O–H groups in total. The first-order chi connectivity index (χ1) is 8.03. The lowest BCUT2D eigenvalue weighted by molar-refractivity contribution is 0.198. The summed E-state index contributed by atoms with van der Waals surface area (Å²) in [4.78, 5) is 0. The predicted molar refractivity (Wildman–Crippen MR) is 61.1 cm³/mol. The van der Waals surface area contributed by atoms with E-state index in [-0.39, 0.29) is 12.3 Å². The first-order valence-electron chi connectivity index (χ1n) is 5.15. The molecule has 1 aromatic heterocycles. The molecule has 0 amide bonds. The fourth-order valence-electron chi connectivity index (χ4n) is 1.15. The largest absolute Gasteiger partial charge is 0.383 e. The smallest absolute Gasteiger partial charge is 0.165 e. The Morgan fingerprint density at radius 2 is 2.24 bits per heavy atom. The minimum atomic E-state index is -3.00. The molecule has 0 aromatic carbocycles. The summed E-state index contributed by atoms with van der Waals surface area (Å²) >= 11 is 0. The maximum absolute atomic E-state index is 11.0. The van der Waals surface area contributed by atoms with Gasteiger partial charge in [0.1, 0.15) is 9.84 Å². The molecule has 0 radical (unpaired) electrons. The molecule has 0 atom stereocenters. The van der Waals surface area contributed by atoms with E-state index >= 15 is 0 Å². The Morgan fingerprint density at radius 1 is 1.47 bits per heavy atom. The van der Waals surface area contributed by atoms with Gasteiger partial charge in [-0.05, 0) is 10.4 Å². The molecule has 1 aromatic rings. The third-order valence-corrected chi connectivity index (χ3v) is 2.97. The standard InChI is InChI=1S/C8H17N5O3S/c1-16-5-3-9-7-8-10-11-12-13(8)4-6-17(2,14)15/h9H,3-7H2,1-2H3. The quantitative estimate of drug-likeness (QED) is 0.567. The molecule has 8 nitrogen and oxygen atoms in total. The number of sulfone groups is 1. The van der Waals surface area contributed by atoms with E-state index in [0.29, 0.717) is 25.5 Å². The molecule has 0 spiro atoms.